The molecule has 0 fully saturated rings. The van der Waals surface area contributed by atoms with Gasteiger partial charge in [-0.25, -0.2) is 4.98 Å². The topological polar surface area (TPSA) is 88.8 Å². The molecule has 82 valence electrons. The summed E-state index contributed by atoms with van der Waals surface area (Å²) in [5.41, 5.74) is 6.69. The number of aryl methyl sites for hydroxylation is 1. The minimum atomic E-state index is -0.0635. The SMILES string of the molecule is Cc1coc(Sc2cccnc2C(=N)N)n1. The largest absolute Gasteiger partial charge is 0.439 e. The lowest BCUT2D eigenvalue weighted by molar-refractivity contribution is 0.454. The average Bonchev–Trinajstić information content (AvgIpc) is 2.64. The monoisotopic (exact) mass is 234 g/mol. The number of pyridine rings is 1. The van der Waals surface area contributed by atoms with Gasteiger partial charge in [-0.3, -0.25) is 10.4 Å². The first kappa shape index (κ1) is 10.7. The fourth-order valence-electron chi connectivity index (χ4n) is 1.15. The van der Waals surface area contributed by atoms with E-state index < -0.39 is 0 Å². The van der Waals surface area contributed by atoms with Crippen LogP contribution in [0.25, 0.3) is 0 Å². The van der Waals surface area contributed by atoms with Gasteiger partial charge in [-0.1, -0.05) is 0 Å². The molecule has 3 N–H and O–H groups in total. The number of nitrogens with zero attached hydrogens (tertiary/aromatic N) is 2. The van der Waals surface area contributed by atoms with E-state index in [1.165, 1.54) is 11.8 Å². The van der Waals surface area contributed by atoms with E-state index in [9.17, 15) is 0 Å². The number of rotatable bonds is 3. The first-order chi connectivity index (χ1) is 7.66. The van der Waals surface area contributed by atoms with Crippen LogP contribution in [0.1, 0.15) is 11.4 Å². The summed E-state index contributed by atoms with van der Waals surface area (Å²) in [6, 6.07) is 3.61. The molecule has 16 heavy (non-hydrogen) atoms. The zero-order chi connectivity index (χ0) is 11.5. The Kier molecular flexibility index (Phi) is 2.91. The fourth-order valence-corrected chi connectivity index (χ4v) is 2.03. The lowest BCUT2D eigenvalue weighted by atomic mass is 10.3. The molecular weight excluding hydrogens is 224 g/mol. The van der Waals surface area contributed by atoms with Crippen LogP contribution in [0.3, 0.4) is 0 Å². The molecule has 2 aromatic rings. The molecule has 0 aliphatic carbocycles. The third-order valence-corrected chi connectivity index (χ3v) is 2.73. The zero-order valence-electron chi connectivity index (χ0n) is 8.60. The van der Waals surface area contributed by atoms with Crippen molar-refractivity contribution < 1.29 is 4.42 Å². The van der Waals surface area contributed by atoms with Gasteiger partial charge < -0.3 is 10.2 Å². The summed E-state index contributed by atoms with van der Waals surface area (Å²) in [6.45, 7) is 1.85. The van der Waals surface area contributed by atoms with Crippen LogP contribution in [0.4, 0.5) is 0 Å². The molecule has 2 rings (SSSR count). The summed E-state index contributed by atoms with van der Waals surface area (Å²) in [5, 5.41) is 7.92. The summed E-state index contributed by atoms with van der Waals surface area (Å²) in [5.74, 6) is -0.0635. The number of nitrogens with two attached hydrogens (primary N) is 1. The lowest BCUT2D eigenvalue weighted by Crippen LogP contribution is -2.14. The molecule has 0 saturated carbocycles. The number of nitrogens with one attached hydrogen (secondary N) is 1. The molecule has 0 aromatic carbocycles. The van der Waals surface area contributed by atoms with E-state index in [0.29, 0.717) is 10.9 Å². The summed E-state index contributed by atoms with van der Waals surface area (Å²) in [7, 11) is 0. The number of aromatic nitrogens is 2. The van der Waals surface area contributed by atoms with Crippen LogP contribution in [0.15, 0.2) is 39.1 Å². The van der Waals surface area contributed by atoms with Gasteiger partial charge in [-0.2, -0.15) is 0 Å². The van der Waals surface area contributed by atoms with Crippen LogP contribution in [-0.2, 0) is 0 Å². The van der Waals surface area contributed by atoms with E-state index in [0.717, 1.165) is 10.6 Å². The molecule has 2 heterocycles. The van der Waals surface area contributed by atoms with Crippen molar-refractivity contribution in [3.05, 3.63) is 36.0 Å². The predicted molar refractivity (Wildman–Crippen MR) is 60.6 cm³/mol. The molecule has 0 aliphatic heterocycles. The van der Waals surface area contributed by atoms with Gasteiger partial charge in [0.1, 0.15) is 17.8 Å². The van der Waals surface area contributed by atoms with E-state index in [2.05, 4.69) is 9.97 Å². The lowest BCUT2D eigenvalue weighted by Gasteiger charge is -2.03. The third kappa shape index (κ3) is 2.22. The molecule has 0 atom stereocenters. The highest BCUT2D eigenvalue weighted by Gasteiger charge is 2.10. The molecule has 0 aliphatic rings. The summed E-state index contributed by atoms with van der Waals surface area (Å²) in [4.78, 5) is 8.97. The second-order valence-corrected chi connectivity index (χ2v) is 4.11. The summed E-state index contributed by atoms with van der Waals surface area (Å²) < 4.78 is 5.22. The Bertz CT molecular complexity index is 523. The first-order valence-electron chi connectivity index (χ1n) is 4.56. The van der Waals surface area contributed by atoms with E-state index in [4.69, 9.17) is 15.6 Å². The van der Waals surface area contributed by atoms with Gasteiger partial charge >= 0.3 is 0 Å². The highest BCUT2D eigenvalue weighted by atomic mass is 32.2. The van der Waals surface area contributed by atoms with Crippen LogP contribution in [0, 0.1) is 12.3 Å². The van der Waals surface area contributed by atoms with Crippen LogP contribution in [-0.4, -0.2) is 15.8 Å². The average molecular weight is 234 g/mol. The Morgan fingerprint density at radius 3 is 3.00 bits per heavy atom. The second-order valence-electron chi connectivity index (χ2n) is 3.12. The normalized spacial score (nSPS) is 10.3. The molecule has 6 heteroatoms. The maximum Gasteiger partial charge on any atom is 0.260 e. The first-order valence-corrected chi connectivity index (χ1v) is 5.38. The van der Waals surface area contributed by atoms with Crippen molar-refractivity contribution in [2.24, 2.45) is 5.73 Å². The number of hydrogen-bond donors (Lipinski definition) is 2. The van der Waals surface area contributed by atoms with Crippen molar-refractivity contribution in [2.75, 3.05) is 0 Å². The molecular formula is C10H10N4OS. The highest BCUT2D eigenvalue weighted by molar-refractivity contribution is 7.99. The van der Waals surface area contributed by atoms with Crippen LogP contribution < -0.4 is 5.73 Å². The Labute approximate surface area is 96.6 Å². The Balaban J connectivity index is 2.31. The van der Waals surface area contributed by atoms with E-state index >= 15 is 0 Å². The van der Waals surface area contributed by atoms with E-state index in [1.807, 2.05) is 13.0 Å². The number of hydrogen-bond acceptors (Lipinski definition) is 5. The highest BCUT2D eigenvalue weighted by Crippen LogP contribution is 2.28. The minimum Gasteiger partial charge on any atom is -0.439 e. The maximum absolute atomic E-state index is 7.40. The Morgan fingerprint density at radius 2 is 2.38 bits per heavy atom. The van der Waals surface area contributed by atoms with Gasteiger partial charge in [0.05, 0.1) is 5.69 Å². The molecule has 0 unspecified atom stereocenters. The zero-order valence-corrected chi connectivity index (χ0v) is 9.41. The maximum atomic E-state index is 7.40. The van der Waals surface area contributed by atoms with Gasteiger partial charge in [0.15, 0.2) is 0 Å². The van der Waals surface area contributed by atoms with Crippen molar-refractivity contribution in [3.63, 3.8) is 0 Å². The fraction of sp³-hybridized carbons (Fsp3) is 0.100. The van der Waals surface area contributed by atoms with Crippen molar-refractivity contribution in [1.82, 2.24) is 9.97 Å². The van der Waals surface area contributed by atoms with Gasteiger partial charge in [0, 0.05) is 11.1 Å². The van der Waals surface area contributed by atoms with E-state index in [1.54, 1.807) is 18.5 Å². The number of nitrogen functional groups attached to an aromatic ring is 1. The predicted octanol–water partition coefficient (Wildman–Crippen LogP) is 1.81. The quantitative estimate of drug-likeness (QED) is 0.624. The van der Waals surface area contributed by atoms with Crippen LogP contribution in [0.2, 0.25) is 0 Å². The van der Waals surface area contributed by atoms with Crippen molar-refractivity contribution in [2.45, 2.75) is 17.0 Å². The summed E-state index contributed by atoms with van der Waals surface area (Å²) in [6.07, 6.45) is 3.17. The Morgan fingerprint density at radius 1 is 1.56 bits per heavy atom. The molecule has 0 radical (unpaired) electrons. The standard InChI is InChI=1S/C10H10N4OS/c1-6-5-15-10(14-6)16-7-3-2-4-13-8(7)9(11)12/h2-5H,1H3,(H3,11,12). The second kappa shape index (κ2) is 4.36. The van der Waals surface area contributed by atoms with Crippen LogP contribution in [0.5, 0.6) is 0 Å². The molecule has 5 nitrogen and oxygen atoms in total. The van der Waals surface area contributed by atoms with Crippen molar-refractivity contribution in [3.8, 4) is 0 Å². The van der Waals surface area contributed by atoms with Gasteiger partial charge in [-0.05, 0) is 30.8 Å². The molecule has 0 spiro atoms. The summed E-state index contributed by atoms with van der Waals surface area (Å²) >= 11 is 1.30. The van der Waals surface area contributed by atoms with E-state index in [-0.39, 0.29) is 5.84 Å². The van der Waals surface area contributed by atoms with Crippen molar-refractivity contribution >= 4 is 17.6 Å². The minimum absolute atomic E-state index is 0.0635. The number of amidine groups is 1. The van der Waals surface area contributed by atoms with Gasteiger partial charge in [-0.15, -0.1) is 0 Å². The molecule has 2 aromatic heterocycles. The van der Waals surface area contributed by atoms with Crippen molar-refractivity contribution in [1.29, 1.82) is 5.41 Å². The van der Waals surface area contributed by atoms with Gasteiger partial charge in [0.2, 0.25) is 0 Å². The third-order valence-electron chi connectivity index (χ3n) is 1.82. The molecule has 0 bridgehead atoms. The number of oxazole rings is 1. The Hall–Kier alpha value is -1.82. The smallest absolute Gasteiger partial charge is 0.260 e. The molecule has 0 amide bonds. The molecule has 0 saturated heterocycles. The van der Waals surface area contributed by atoms with Gasteiger partial charge in [0.25, 0.3) is 5.22 Å². The van der Waals surface area contributed by atoms with Crippen LogP contribution >= 0.6 is 11.8 Å².